The first-order valence-corrected chi connectivity index (χ1v) is 8.93. The molecule has 1 atom stereocenters. The van der Waals surface area contributed by atoms with Gasteiger partial charge in [-0.2, -0.15) is 13.2 Å². The number of benzene rings is 2. The zero-order valence-corrected chi connectivity index (χ0v) is 16.0. The van der Waals surface area contributed by atoms with Gasteiger partial charge in [0.25, 0.3) is 11.5 Å². The molecule has 162 valence electrons. The highest BCUT2D eigenvalue weighted by atomic mass is 19.4. The number of aromatic nitrogens is 1. The first-order valence-electron chi connectivity index (χ1n) is 8.93. The molecule has 0 aliphatic heterocycles. The Balaban J connectivity index is 1.90. The lowest BCUT2D eigenvalue weighted by Crippen LogP contribution is -2.29. The molecule has 0 unspecified atom stereocenters. The third kappa shape index (κ3) is 4.73. The first-order chi connectivity index (χ1) is 14.5. The summed E-state index contributed by atoms with van der Waals surface area (Å²) in [4.78, 5) is 24.7. The summed E-state index contributed by atoms with van der Waals surface area (Å²) in [6, 6.07) is 7.47. The molecular formula is C21H16F5N3O2. The van der Waals surface area contributed by atoms with Gasteiger partial charge in [0.2, 0.25) is 0 Å². The Hall–Kier alpha value is -3.69. The van der Waals surface area contributed by atoms with E-state index in [0.29, 0.717) is 0 Å². The second-order valence-corrected chi connectivity index (χ2v) is 6.78. The zero-order valence-electron chi connectivity index (χ0n) is 16.0. The molecule has 10 heteroatoms. The van der Waals surface area contributed by atoms with Crippen LogP contribution < -0.4 is 16.6 Å². The van der Waals surface area contributed by atoms with Gasteiger partial charge in [0, 0.05) is 18.0 Å². The minimum Gasteiger partial charge on any atom is -0.399 e. The summed E-state index contributed by atoms with van der Waals surface area (Å²) in [5, 5.41) is 2.50. The van der Waals surface area contributed by atoms with Gasteiger partial charge in [0.1, 0.15) is 0 Å². The van der Waals surface area contributed by atoms with E-state index in [1.54, 1.807) is 0 Å². The fourth-order valence-electron chi connectivity index (χ4n) is 2.94. The quantitative estimate of drug-likeness (QED) is 0.474. The largest absolute Gasteiger partial charge is 0.416 e. The maximum atomic E-state index is 14.1. The zero-order chi connectivity index (χ0) is 22.9. The van der Waals surface area contributed by atoms with E-state index in [0.717, 1.165) is 41.1 Å². The van der Waals surface area contributed by atoms with Crippen LogP contribution in [0.4, 0.5) is 27.6 Å². The lowest BCUT2D eigenvalue weighted by atomic mass is 10.0. The summed E-state index contributed by atoms with van der Waals surface area (Å²) < 4.78 is 67.4. The van der Waals surface area contributed by atoms with Gasteiger partial charge < -0.3 is 11.1 Å². The van der Waals surface area contributed by atoms with Crippen molar-refractivity contribution in [2.75, 3.05) is 5.73 Å². The number of nitrogens with one attached hydrogen (secondary N) is 1. The lowest BCUT2D eigenvalue weighted by Gasteiger charge is -2.18. The van der Waals surface area contributed by atoms with Crippen molar-refractivity contribution in [2.45, 2.75) is 19.1 Å². The molecule has 0 fully saturated rings. The molecule has 1 heterocycles. The van der Waals surface area contributed by atoms with Crippen LogP contribution >= 0.6 is 0 Å². The van der Waals surface area contributed by atoms with E-state index in [9.17, 15) is 31.5 Å². The number of carbonyl (C=O) groups excluding carboxylic acids is 1. The van der Waals surface area contributed by atoms with Gasteiger partial charge >= 0.3 is 6.18 Å². The van der Waals surface area contributed by atoms with Crippen LogP contribution in [0.15, 0.2) is 59.5 Å². The average molecular weight is 437 g/mol. The predicted molar refractivity (Wildman–Crippen MR) is 104 cm³/mol. The van der Waals surface area contributed by atoms with Gasteiger partial charge in [0.15, 0.2) is 11.6 Å². The summed E-state index contributed by atoms with van der Waals surface area (Å²) >= 11 is 0. The molecule has 31 heavy (non-hydrogen) atoms. The van der Waals surface area contributed by atoms with E-state index in [-0.39, 0.29) is 16.8 Å². The number of hydrogen-bond donors (Lipinski definition) is 2. The Morgan fingerprint density at radius 3 is 2.48 bits per heavy atom. The fourth-order valence-corrected chi connectivity index (χ4v) is 2.94. The molecule has 0 aliphatic rings. The van der Waals surface area contributed by atoms with E-state index in [2.05, 4.69) is 5.32 Å². The van der Waals surface area contributed by atoms with Crippen LogP contribution in [0, 0.1) is 11.6 Å². The van der Waals surface area contributed by atoms with Crippen molar-refractivity contribution < 1.29 is 26.7 Å². The number of amides is 1. The van der Waals surface area contributed by atoms with Crippen molar-refractivity contribution in [3.63, 3.8) is 0 Å². The maximum absolute atomic E-state index is 14.1. The van der Waals surface area contributed by atoms with Crippen LogP contribution in [0.2, 0.25) is 0 Å². The van der Waals surface area contributed by atoms with Crippen LogP contribution in [0.25, 0.3) is 5.69 Å². The molecule has 2 aromatic carbocycles. The summed E-state index contributed by atoms with van der Waals surface area (Å²) in [7, 11) is 0. The number of pyridine rings is 1. The van der Waals surface area contributed by atoms with Crippen LogP contribution in [0.1, 0.15) is 34.5 Å². The van der Waals surface area contributed by atoms with Crippen LogP contribution in [0.3, 0.4) is 0 Å². The molecule has 1 aromatic heterocycles. The monoisotopic (exact) mass is 437 g/mol. The predicted octanol–water partition coefficient (Wildman–Crippen LogP) is 4.21. The molecule has 0 saturated carbocycles. The summed E-state index contributed by atoms with van der Waals surface area (Å²) in [5.74, 6) is -3.18. The third-order valence-corrected chi connectivity index (χ3v) is 4.52. The topological polar surface area (TPSA) is 77.1 Å². The lowest BCUT2D eigenvalue weighted by molar-refractivity contribution is -0.137. The van der Waals surface area contributed by atoms with Crippen LogP contribution in [-0.2, 0) is 6.18 Å². The molecule has 3 N–H and O–H groups in total. The Kier molecular flexibility index (Phi) is 5.83. The minimum atomic E-state index is -4.61. The standard InChI is InChI=1S/C21H16F5N3O2/c1-11(13-7-14(21(24,25)26)9-15(27)8-13)28-20(31)12-5-6-18(30)29(10-12)17-4-2-3-16(22)19(17)23/h2-11H,27H2,1H3,(H,28,31)/t11-/m1/s1. The van der Waals surface area contributed by atoms with Gasteiger partial charge in [0.05, 0.1) is 22.9 Å². The Labute approximate surface area is 172 Å². The van der Waals surface area contributed by atoms with Gasteiger partial charge in [-0.3, -0.25) is 14.2 Å². The minimum absolute atomic E-state index is 0.0879. The first kappa shape index (κ1) is 22.0. The number of hydrogen-bond acceptors (Lipinski definition) is 3. The summed E-state index contributed by atoms with van der Waals surface area (Å²) in [6.07, 6.45) is -3.60. The molecule has 0 bridgehead atoms. The van der Waals surface area contributed by atoms with E-state index in [1.165, 1.54) is 25.1 Å². The SMILES string of the molecule is C[C@@H](NC(=O)c1ccc(=O)n(-c2cccc(F)c2F)c1)c1cc(N)cc(C(F)(F)F)c1. The maximum Gasteiger partial charge on any atom is 0.416 e. The number of anilines is 1. The highest BCUT2D eigenvalue weighted by Gasteiger charge is 2.31. The highest BCUT2D eigenvalue weighted by Crippen LogP contribution is 2.32. The smallest absolute Gasteiger partial charge is 0.399 e. The van der Waals surface area contributed by atoms with E-state index < -0.39 is 46.6 Å². The van der Waals surface area contributed by atoms with Gasteiger partial charge in [-0.15, -0.1) is 0 Å². The normalized spacial score (nSPS) is 12.5. The van der Waals surface area contributed by atoms with Gasteiger partial charge in [-0.25, -0.2) is 8.78 Å². The molecule has 0 saturated heterocycles. The van der Waals surface area contributed by atoms with Crippen molar-refractivity contribution in [1.29, 1.82) is 0 Å². The second kappa shape index (κ2) is 8.21. The summed E-state index contributed by atoms with van der Waals surface area (Å²) in [6.45, 7) is 1.45. The van der Waals surface area contributed by atoms with E-state index in [4.69, 9.17) is 5.73 Å². The van der Waals surface area contributed by atoms with Crippen molar-refractivity contribution in [3.05, 3.63) is 93.4 Å². The van der Waals surface area contributed by atoms with Crippen molar-refractivity contribution in [2.24, 2.45) is 0 Å². The van der Waals surface area contributed by atoms with E-state index in [1.807, 2.05) is 0 Å². The van der Waals surface area contributed by atoms with Crippen molar-refractivity contribution >= 4 is 11.6 Å². The Bertz CT molecular complexity index is 1200. The Morgan fingerprint density at radius 1 is 1.10 bits per heavy atom. The molecule has 1 amide bonds. The van der Waals surface area contributed by atoms with E-state index >= 15 is 0 Å². The number of rotatable bonds is 4. The number of nitrogens with zero attached hydrogens (tertiary/aromatic N) is 1. The molecule has 0 aliphatic carbocycles. The van der Waals surface area contributed by atoms with Gasteiger partial charge in [-0.05, 0) is 48.9 Å². The summed E-state index contributed by atoms with van der Waals surface area (Å²) in [5.41, 5.74) is 3.39. The average Bonchev–Trinajstić information content (AvgIpc) is 2.69. The number of halogens is 5. The molecule has 5 nitrogen and oxygen atoms in total. The molecular weight excluding hydrogens is 421 g/mol. The fraction of sp³-hybridized carbons (Fsp3) is 0.143. The number of nitrogen functional groups attached to an aromatic ring is 1. The molecule has 0 spiro atoms. The van der Waals surface area contributed by atoms with Crippen LogP contribution in [-0.4, -0.2) is 10.5 Å². The van der Waals surface area contributed by atoms with Crippen molar-refractivity contribution in [1.82, 2.24) is 9.88 Å². The highest BCUT2D eigenvalue weighted by molar-refractivity contribution is 5.94. The molecule has 3 aromatic rings. The molecule has 3 rings (SSSR count). The number of nitrogens with two attached hydrogens (primary N) is 1. The Morgan fingerprint density at radius 2 is 1.81 bits per heavy atom. The molecule has 0 radical (unpaired) electrons. The van der Waals surface area contributed by atoms with Crippen LogP contribution in [0.5, 0.6) is 0 Å². The van der Waals surface area contributed by atoms with Crippen molar-refractivity contribution in [3.8, 4) is 5.69 Å². The second-order valence-electron chi connectivity index (χ2n) is 6.78. The van der Waals surface area contributed by atoms with Gasteiger partial charge in [-0.1, -0.05) is 6.07 Å². The third-order valence-electron chi connectivity index (χ3n) is 4.52. The number of carbonyl (C=O) groups is 1. The number of alkyl halides is 3.